The zero-order chi connectivity index (χ0) is 13.4. The van der Waals surface area contributed by atoms with E-state index in [1.807, 2.05) is 6.92 Å². The van der Waals surface area contributed by atoms with Gasteiger partial charge in [-0.05, 0) is 24.5 Å². The molecule has 2 rings (SSSR count). The first kappa shape index (κ1) is 13.7. The maximum absolute atomic E-state index is 11.9. The highest BCUT2D eigenvalue weighted by atomic mass is 32.3. The van der Waals surface area contributed by atoms with Gasteiger partial charge in [-0.2, -0.15) is 0 Å². The van der Waals surface area contributed by atoms with E-state index in [2.05, 4.69) is 4.72 Å². The van der Waals surface area contributed by atoms with Crippen LogP contribution in [0.25, 0.3) is 0 Å². The number of thiophene rings is 1. The van der Waals surface area contributed by atoms with E-state index in [-0.39, 0.29) is 8.42 Å². The summed E-state index contributed by atoms with van der Waals surface area (Å²) < 4.78 is 49.9. The van der Waals surface area contributed by atoms with Crippen molar-refractivity contribution in [1.82, 2.24) is 4.72 Å². The number of nitrogens with one attached hydrogen (secondary N) is 1. The first-order valence-electron chi connectivity index (χ1n) is 5.41. The molecule has 5 nitrogen and oxygen atoms in total. The lowest BCUT2D eigenvalue weighted by atomic mass is 10.2. The van der Waals surface area contributed by atoms with Crippen molar-refractivity contribution in [3.63, 3.8) is 0 Å². The summed E-state index contributed by atoms with van der Waals surface area (Å²) in [4.78, 5) is 0. The summed E-state index contributed by atoms with van der Waals surface area (Å²) in [6.07, 6.45) is 2.67. The zero-order valence-electron chi connectivity index (χ0n) is 9.71. The van der Waals surface area contributed by atoms with Crippen molar-refractivity contribution in [3.05, 3.63) is 23.1 Å². The molecule has 18 heavy (non-hydrogen) atoms. The number of fused-ring (bicyclic) bond motifs is 1. The lowest BCUT2D eigenvalue weighted by molar-refractivity contribution is 0.582. The van der Waals surface area contributed by atoms with Gasteiger partial charge < -0.3 is 0 Å². The molecule has 1 aromatic rings. The Hall–Kier alpha value is -0.700. The smallest absolute Gasteiger partial charge is 0.218 e. The highest BCUT2D eigenvalue weighted by Crippen LogP contribution is 2.34. The largest absolute Gasteiger partial charge is 0.250 e. The zero-order valence-corrected chi connectivity index (χ0v) is 12.2. The summed E-state index contributed by atoms with van der Waals surface area (Å²) in [5, 5.41) is 1.13. The molecule has 1 aliphatic rings. The Morgan fingerprint density at radius 3 is 2.78 bits per heavy atom. The third-order valence-corrected chi connectivity index (χ3v) is 7.61. The molecule has 8 heteroatoms. The standard InChI is InChI=1S/C10H13NO4S3/c1-2-5-11-18(14,15)9-7-8-4-3-6-17(12,13)10(8)16-9/h3,6-7,11H,2,4-5H2,1H3. The molecule has 0 amide bonds. The minimum absolute atomic E-state index is 0.0632. The van der Waals surface area contributed by atoms with Gasteiger partial charge in [-0.3, -0.25) is 0 Å². The van der Waals surface area contributed by atoms with Crippen molar-refractivity contribution < 1.29 is 16.8 Å². The second-order valence-corrected chi connectivity index (χ2v) is 8.97. The van der Waals surface area contributed by atoms with Gasteiger partial charge in [-0.15, -0.1) is 11.3 Å². The molecule has 100 valence electrons. The van der Waals surface area contributed by atoms with E-state index in [9.17, 15) is 16.8 Å². The average Bonchev–Trinajstić information content (AvgIpc) is 2.72. The van der Waals surface area contributed by atoms with E-state index < -0.39 is 19.9 Å². The van der Waals surface area contributed by atoms with E-state index >= 15 is 0 Å². The first-order chi connectivity index (χ1) is 8.37. The maximum atomic E-state index is 11.9. The monoisotopic (exact) mass is 307 g/mol. The summed E-state index contributed by atoms with van der Waals surface area (Å²) in [6.45, 7) is 2.20. The molecule has 0 radical (unpaired) electrons. The van der Waals surface area contributed by atoms with Gasteiger partial charge in [0.05, 0.1) is 0 Å². The van der Waals surface area contributed by atoms with Crippen LogP contribution in [-0.4, -0.2) is 23.4 Å². The van der Waals surface area contributed by atoms with Crippen LogP contribution in [0, 0.1) is 0 Å². The summed E-state index contributed by atoms with van der Waals surface area (Å²) >= 11 is 0.810. The molecule has 0 saturated carbocycles. The lowest BCUT2D eigenvalue weighted by Crippen LogP contribution is -2.23. The van der Waals surface area contributed by atoms with Gasteiger partial charge in [0.25, 0.3) is 0 Å². The number of hydrogen-bond donors (Lipinski definition) is 1. The summed E-state index contributed by atoms with van der Waals surface area (Å²) in [7, 11) is -7.05. The first-order valence-corrected chi connectivity index (χ1v) is 9.25. The third-order valence-electron chi connectivity index (χ3n) is 2.43. The molecule has 0 unspecified atom stereocenters. The van der Waals surface area contributed by atoms with Crippen molar-refractivity contribution >= 4 is 31.2 Å². The molecule has 0 bridgehead atoms. The number of allylic oxidation sites excluding steroid dienone is 1. The Bertz CT molecular complexity index is 683. The van der Waals surface area contributed by atoms with Crippen LogP contribution in [0.3, 0.4) is 0 Å². The van der Waals surface area contributed by atoms with Crippen molar-refractivity contribution in [2.75, 3.05) is 6.54 Å². The Morgan fingerprint density at radius 2 is 2.17 bits per heavy atom. The number of rotatable bonds is 4. The van der Waals surface area contributed by atoms with E-state index in [1.54, 1.807) is 0 Å². The SMILES string of the molecule is CCCNS(=O)(=O)c1cc2c(s1)S(=O)(=O)C=CC2. The van der Waals surface area contributed by atoms with E-state index in [1.165, 1.54) is 12.1 Å². The van der Waals surface area contributed by atoms with Gasteiger partial charge in [-0.1, -0.05) is 13.0 Å². The van der Waals surface area contributed by atoms with Gasteiger partial charge >= 0.3 is 0 Å². The van der Waals surface area contributed by atoms with E-state index in [0.717, 1.165) is 16.7 Å². The van der Waals surface area contributed by atoms with E-state index in [4.69, 9.17) is 0 Å². The summed E-state index contributed by atoms with van der Waals surface area (Å²) in [5.41, 5.74) is 0.555. The Morgan fingerprint density at radius 1 is 1.44 bits per heavy atom. The second kappa shape index (κ2) is 4.76. The predicted octanol–water partition coefficient (Wildman–Crippen LogP) is 1.28. The molecular formula is C10H13NO4S3. The van der Waals surface area contributed by atoms with E-state index in [0.29, 0.717) is 24.9 Å². The third kappa shape index (κ3) is 2.51. The number of sulfonamides is 1. The normalized spacial score (nSPS) is 17.6. The molecule has 1 aromatic heterocycles. The highest BCUT2D eigenvalue weighted by molar-refractivity contribution is 7.97. The molecule has 0 spiro atoms. The Balaban J connectivity index is 2.43. The maximum Gasteiger partial charge on any atom is 0.250 e. The van der Waals surface area contributed by atoms with Crippen molar-refractivity contribution in [3.8, 4) is 0 Å². The van der Waals surface area contributed by atoms with Crippen molar-refractivity contribution in [1.29, 1.82) is 0 Å². The lowest BCUT2D eigenvalue weighted by Gasteiger charge is -2.03. The van der Waals surface area contributed by atoms with Gasteiger partial charge in [0.1, 0.15) is 8.42 Å². The van der Waals surface area contributed by atoms with Crippen LogP contribution in [0.4, 0.5) is 0 Å². The van der Waals surface area contributed by atoms with Crippen LogP contribution in [0.2, 0.25) is 0 Å². The molecule has 1 aliphatic heterocycles. The van der Waals surface area contributed by atoms with Crippen LogP contribution >= 0.6 is 11.3 Å². The van der Waals surface area contributed by atoms with Crippen molar-refractivity contribution in [2.24, 2.45) is 0 Å². The minimum Gasteiger partial charge on any atom is -0.218 e. The van der Waals surface area contributed by atoms with Gasteiger partial charge in [0.2, 0.25) is 19.9 Å². The second-order valence-electron chi connectivity index (χ2n) is 3.90. The average molecular weight is 307 g/mol. The van der Waals surface area contributed by atoms with Crippen LogP contribution in [0.1, 0.15) is 18.9 Å². The minimum atomic E-state index is -3.59. The quantitative estimate of drug-likeness (QED) is 0.908. The molecule has 0 fully saturated rings. The number of sulfone groups is 1. The predicted molar refractivity (Wildman–Crippen MR) is 69.8 cm³/mol. The molecule has 0 aromatic carbocycles. The van der Waals surface area contributed by atoms with Crippen LogP contribution in [-0.2, 0) is 26.3 Å². The molecule has 2 heterocycles. The van der Waals surface area contributed by atoms with Crippen LogP contribution in [0.15, 0.2) is 26.0 Å². The topological polar surface area (TPSA) is 80.3 Å². The molecule has 1 N–H and O–H groups in total. The fraction of sp³-hybridized carbons (Fsp3) is 0.400. The Kier molecular flexibility index (Phi) is 3.63. The number of hydrogen-bond acceptors (Lipinski definition) is 5. The summed E-state index contributed by atoms with van der Waals surface area (Å²) in [5.74, 6) is 0. The van der Waals surface area contributed by atoms with Crippen LogP contribution in [0.5, 0.6) is 0 Å². The van der Waals surface area contributed by atoms with Gasteiger partial charge in [-0.25, -0.2) is 21.6 Å². The molecule has 0 aliphatic carbocycles. The molecular weight excluding hydrogens is 294 g/mol. The fourth-order valence-corrected chi connectivity index (χ4v) is 6.05. The van der Waals surface area contributed by atoms with Crippen molar-refractivity contribution in [2.45, 2.75) is 28.2 Å². The van der Waals surface area contributed by atoms with Crippen LogP contribution < -0.4 is 4.72 Å². The molecule has 0 atom stereocenters. The highest BCUT2D eigenvalue weighted by Gasteiger charge is 2.27. The Labute approximate surface area is 111 Å². The van der Waals surface area contributed by atoms with Gasteiger partial charge in [0, 0.05) is 12.0 Å². The van der Waals surface area contributed by atoms with Gasteiger partial charge in [0.15, 0.2) is 0 Å². The fourth-order valence-electron chi connectivity index (χ4n) is 1.57. The summed E-state index contributed by atoms with van der Waals surface area (Å²) in [6, 6.07) is 1.44. The molecule has 0 saturated heterocycles.